The molecule has 2 heterocycles. The van der Waals surface area contributed by atoms with E-state index in [0.717, 1.165) is 29.5 Å². The molecule has 1 aliphatic carbocycles. The molecule has 138 valence electrons. The van der Waals surface area contributed by atoms with Gasteiger partial charge in [0.15, 0.2) is 5.16 Å². The summed E-state index contributed by atoms with van der Waals surface area (Å²) < 4.78 is 2.14. The molecule has 1 saturated carbocycles. The van der Waals surface area contributed by atoms with E-state index < -0.39 is 0 Å². The second-order valence-electron chi connectivity index (χ2n) is 7.50. The molecule has 1 saturated heterocycles. The van der Waals surface area contributed by atoms with Gasteiger partial charge < -0.3 is 4.90 Å². The van der Waals surface area contributed by atoms with E-state index in [-0.39, 0.29) is 5.91 Å². The van der Waals surface area contributed by atoms with Gasteiger partial charge in [-0.15, -0.1) is 10.2 Å². The normalized spacial score (nSPS) is 23.2. The lowest BCUT2D eigenvalue weighted by atomic mass is 9.98. The number of thioether (sulfide) groups is 1. The molecule has 1 aliphatic heterocycles. The Balaban J connectivity index is 1.53. The molecular formula is C20H26N4OS. The number of hydrogen-bond donors (Lipinski definition) is 0. The number of carbonyl (C=O) groups excluding carboxylic acids is 1. The van der Waals surface area contributed by atoms with Gasteiger partial charge in [-0.05, 0) is 58.1 Å². The maximum absolute atomic E-state index is 12.8. The van der Waals surface area contributed by atoms with Gasteiger partial charge in [0, 0.05) is 23.7 Å². The summed E-state index contributed by atoms with van der Waals surface area (Å²) in [6.07, 6.45) is 5.78. The number of piperidine rings is 1. The molecule has 2 aliphatic rings. The highest BCUT2D eigenvalue weighted by Crippen LogP contribution is 2.41. The van der Waals surface area contributed by atoms with Crippen LogP contribution in [0.3, 0.4) is 0 Å². The van der Waals surface area contributed by atoms with Gasteiger partial charge in [-0.3, -0.25) is 9.36 Å². The Kier molecular flexibility index (Phi) is 5.02. The van der Waals surface area contributed by atoms with E-state index in [4.69, 9.17) is 0 Å². The van der Waals surface area contributed by atoms with Gasteiger partial charge in [-0.2, -0.15) is 0 Å². The summed E-state index contributed by atoms with van der Waals surface area (Å²) in [6.45, 7) is 4.33. The third-order valence-corrected chi connectivity index (χ3v) is 6.34. The zero-order valence-corrected chi connectivity index (χ0v) is 16.3. The Morgan fingerprint density at radius 3 is 2.42 bits per heavy atom. The molecule has 4 rings (SSSR count). The highest BCUT2D eigenvalue weighted by Gasteiger charge is 2.32. The van der Waals surface area contributed by atoms with Gasteiger partial charge in [0.25, 0.3) is 0 Å². The Morgan fingerprint density at radius 1 is 1.08 bits per heavy atom. The molecule has 5 nitrogen and oxygen atoms in total. The van der Waals surface area contributed by atoms with Crippen molar-refractivity contribution in [3.63, 3.8) is 0 Å². The van der Waals surface area contributed by atoms with Crippen molar-refractivity contribution in [2.75, 3.05) is 5.75 Å². The maximum atomic E-state index is 12.8. The number of hydrogen-bond acceptors (Lipinski definition) is 4. The fourth-order valence-corrected chi connectivity index (χ4v) is 4.74. The zero-order valence-electron chi connectivity index (χ0n) is 15.5. The number of para-hydroxylation sites is 1. The Bertz CT molecular complexity index is 761. The number of nitrogens with zero attached hydrogens (tertiary/aromatic N) is 4. The van der Waals surface area contributed by atoms with Gasteiger partial charge >= 0.3 is 0 Å². The number of carbonyl (C=O) groups is 1. The quantitative estimate of drug-likeness (QED) is 0.746. The van der Waals surface area contributed by atoms with E-state index >= 15 is 0 Å². The minimum Gasteiger partial charge on any atom is -0.337 e. The summed E-state index contributed by atoms with van der Waals surface area (Å²) in [7, 11) is 0. The first-order valence-electron chi connectivity index (χ1n) is 9.60. The molecular weight excluding hydrogens is 344 g/mol. The minimum atomic E-state index is 0.213. The van der Waals surface area contributed by atoms with E-state index in [1.54, 1.807) is 0 Å². The number of rotatable bonds is 5. The summed E-state index contributed by atoms with van der Waals surface area (Å²) in [5.41, 5.74) is 1.08. The van der Waals surface area contributed by atoms with Crippen LogP contribution in [-0.4, -0.2) is 43.4 Å². The molecule has 2 aromatic rings. The van der Waals surface area contributed by atoms with E-state index in [9.17, 15) is 4.79 Å². The number of likely N-dealkylation sites (tertiary alicyclic amines) is 1. The monoisotopic (exact) mass is 370 g/mol. The molecule has 2 fully saturated rings. The molecule has 0 bridgehead atoms. The van der Waals surface area contributed by atoms with E-state index in [0.29, 0.717) is 23.8 Å². The van der Waals surface area contributed by atoms with Crippen molar-refractivity contribution in [1.82, 2.24) is 19.7 Å². The summed E-state index contributed by atoms with van der Waals surface area (Å²) >= 11 is 1.51. The zero-order chi connectivity index (χ0) is 18.1. The molecule has 0 unspecified atom stereocenters. The third kappa shape index (κ3) is 3.52. The Hall–Kier alpha value is -1.82. The van der Waals surface area contributed by atoms with E-state index in [1.165, 1.54) is 31.0 Å². The largest absolute Gasteiger partial charge is 0.337 e. The van der Waals surface area contributed by atoms with Gasteiger partial charge in [0.05, 0.1) is 5.75 Å². The topological polar surface area (TPSA) is 51.0 Å². The molecule has 0 radical (unpaired) electrons. The second kappa shape index (κ2) is 7.43. The van der Waals surface area contributed by atoms with Crippen molar-refractivity contribution >= 4 is 17.7 Å². The molecule has 0 N–H and O–H groups in total. The number of benzene rings is 1. The lowest BCUT2D eigenvalue weighted by Crippen LogP contribution is -2.48. The maximum Gasteiger partial charge on any atom is 0.233 e. The standard InChI is InChI=1S/C20H26N4OS/c1-14-7-6-8-15(2)23(14)18(25)13-26-20-22-21-19(16-11-12-16)24(20)17-9-4-3-5-10-17/h3-5,9-10,14-16H,6-8,11-13H2,1-2H3/t14-,15-/m1/s1. The number of amides is 1. The van der Waals surface area contributed by atoms with Crippen LogP contribution in [0.1, 0.15) is 57.7 Å². The lowest BCUT2D eigenvalue weighted by Gasteiger charge is -2.39. The molecule has 6 heteroatoms. The molecule has 2 atom stereocenters. The SMILES string of the molecule is C[C@@H]1CCC[C@@H](C)N1C(=O)CSc1nnc(C2CC2)n1-c1ccccc1. The average Bonchev–Trinajstić information content (AvgIpc) is 3.40. The number of aromatic nitrogens is 3. The van der Waals surface area contributed by atoms with E-state index in [2.05, 4.69) is 45.6 Å². The van der Waals surface area contributed by atoms with Crippen molar-refractivity contribution in [1.29, 1.82) is 0 Å². The molecule has 1 amide bonds. The van der Waals surface area contributed by atoms with Crippen LogP contribution in [0.25, 0.3) is 5.69 Å². The fraction of sp³-hybridized carbons (Fsp3) is 0.550. The van der Waals surface area contributed by atoms with Crippen LogP contribution in [-0.2, 0) is 4.79 Å². The first-order chi connectivity index (χ1) is 12.6. The Morgan fingerprint density at radius 2 is 1.77 bits per heavy atom. The second-order valence-corrected chi connectivity index (χ2v) is 8.45. The van der Waals surface area contributed by atoms with Crippen molar-refractivity contribution in [2.24, 2.45) is 0 Å². The Labute approximate surface area is 159 Å². The van der Waals surface area contributed by atoms with Crippen LogP contribution >= 0.6 is 11.8 Å². The fourth-order valence-electron chi connectivity index (χ4n) is 3.91. The van der Waals surface area contributed by atoms with E-state index in [1.807, 2.05) is 18.2 Å². The van der Waals surface area contributed by atoms with Crippen molar-refractivity contribution in [3.8, 4) is 5.69 Å². The van der Waals surface area contributed by atoms with Crippen LogP contribution in [0.4, 0.5) is 0 Å². The highest BCUT2D eigenvalue weighted by molar-refractivity contribution is 7.99. The molecule has 0 spiro atoms. The van der Waals surface area contributed by atoms with Crippen LogP contribution in [0.2, 0.25) is 0 Å². The predicted octanol–water partition coefficient (Wildman–Crippen LogP) is 4.03. The lowest BCUT2D eigenvalue weighted by molar-refractivity contribution is -0.134. The predicted molar refractivity (Wildman–Crippen MR) is 104 cm³/mol. The first-order valence-corrected chi connectivity index (χ1v) is 10.6. The first kappa shape index (κ1) is 17.6. The van der Waals surface area contributed by atoms with Crippen LogP contribution in [0, 0.1) is 0 Å². The molecule has 1 aromatic heterocycles. The van der Waals surface area contributed by atoms with Crippen LogP contribution in [0.5, 0.6) is 0 Å². The summed E-state index contributed by atoms with van der Waals surface area (Å²) in [5, 5.41) is 9.68. The van der Waals surface area contributed by atoms with Crippen molar-refractivity contribution < 1.29 is 4.79 Å². The van der Waals surface area contributed by atoms with Gasteiger partial charge in [0.1, 0.15) is 5.82 Å². The van der Waals surface area contributed by atoms with Crippen LogP contribution < -0.4 is 0 Å². The smallest absolute Gasteiger partial charge is 0.233 e. The highest BCUT2D eigenvalue weighted by atomic mass is 32.2. The molecule has 26 heavy (non-hydrogen) atoms. The average molecular weight is 371 g/mol. The third-order valence-electron chi connectivity index (χ3n) is 5.42. The molecule has 1 aromatic carbocycles. The minimum absolute atomic E-state index is 0.213. The van der Waals surface area contributed by atoms with Gasteiger partial charge in [-0.25, -0.2) is 0 Å². The van der Waals surface area contributed by atoms with Crippen molar-refractivity contribution in [3.05, 3.63) is 36.2 Å². The van der Waals surface area contributed by atoms with Crippen LogP contribution in [0.15, 0.2) is 35.5 Å². The van der Waals surface area contributed by atoms with Gasteiger partial charge in [-0.1, -0.05) is 30.0 Å². The summed E-state index contributed by atoms with van der Waals surface area (Å²) in [5.74, 6) is 2.18. The summed E-state index contributed by atoms with van der Waals surface area (Å²) in [4.78, 5) is 14.9. The summed E-state index contributed by atoms with van der Waals surface area (Å²) in [6, 6.07) is 10.9. The van der Waals surface area contributed by atoms with Crippen molar-refractivity contribution in [2.45, 2.75) is 69.1 Å². The van der Waals surface area contributed by atoms with Gasteiger partial charge in [0.2, 0.25) is 5.91 Å².